The highest BCUT2D eigenvalue weighted by Gasteiger charge is 2.11. The van der Waals surface area contributed by atoms with Crippen molar-refractivity contribution in [2.75, 3.05) is 7.11 Å². The zero-order valence-electron chi connectivity index (χ0n) is 12.4. The molecule has 2 aromatic rings. The van der Waals surface area contributed by atoms with Gasteiger partial charge in [-0.2, -0.15) is 5.10 Å². The van der Waals surface area contributed by atoms with Crippen LogP contribution in [0.4, 0.5) is 0 Å². The first kappa shape index (κ1) is 14.8. The van der Waals surface area contributed by atoms with Crippen LogP contribution in [0.15, 0.2) is 47.6 Å². The number of hydrazone groups is 1. The summed E-state index contributed by atoms with van der Waals surface area (Å²) >= 11 is 0. The van der Waals surface area contributed by atoms with Crippen molar-refractivity contribution >= 4 is 12.1 Å². The molecule has 1 amide bonds. The number of methoxy groups -OCH3 is 1. The minimum absolute atomic E-state index is 0.296. The fourth-order valence-corrected chi connectivity index (χ4v) is 1.86. The second-order valence-corrected chi connectivity index (χ2v) is 4.81. The Morgan fingerprint density at radius 2 is 1.76 bits per heavy atom. The van der Waals surface area contributed by atoms with Crippen molar-refractivity contribution in [2.24, 2.45) is 5.10 Å². The zero-order valence-corrected chi connectivity index (χ0v) is 12.4. The molecular formula is C17H18N2O2. The molecule has 21 heavy (non-hydrogen) atoms. The highest BCUT2D eigenvalue weighted by Crippen LogP contribution is 2.19. The van der Waals surface area contributed by atoms with Crippen molar-refractivity contribution in [3.05, 3.63) is 64.7 Å². The number of benzene rings is 2. The number of nitrogens with one attached hydrogen (secondary N) is 1. The Bertz CT molecular complexity index is 661. The molecule has 4 nitrogen and oxygen atoms in total. The standard InChI is InChI=1S/C17H18N2O2/c1-12-4-7-14(8-5-12)11-18-19-17(20)15-9-6-13(2)10-16(15)21-3/h4-11H,1-3H3,(H,19,20). The van der Waals surface area contributed by atoms with E-state index in [-0.39, 0.29) is 5.91 Å². The van der Waals surface area contributed by atoms with Crippen LogP contribution in [0, 0.1) is 13.8 Å². The summed E-state index contributed by atoms with van der Waals surface area (Å²) in [6.07, 6.45) is 1.61. The molecular weight excluding hydrogens is 264 g/mol. The van der Waals surface area contributed by atoms with Crippen molar-refractivity contribution in [2.45, 2.75) is 13.8 Å². The van der Waals surface area contributed by atoms with Gasteiger partial charge in [-0.05, 0) is 37.1 Å². The number of nitrogens with zero attached hydrogens (tertiary/aromatic N) is 1. The molecule has 0 unspecified atom stereocenters. The quantitative estimate of drug-likeness (QED) is 0.692. The molecule has 0 bridgehead atoms. The third-order valence-corrected chi connectivity index (χ3v) is 3.06. The van der Waals surface area contributed by atoms with E-state index in [1.54, 1.807) is 19.4 Å². The van der Waals surface area contributed by atoms with Crippen LogP contribution in [0.3, 0.4) is 0 Å². The molecule has 4 heteroatoms. The third-order valence-electron chi connectivity index (χ3n) is 3.06. The van der Waals surface area contributed by atoms with Crippen LogP contribution < -0.4 is 10.2 Å². The summed E-state index contributed by atoms with van der Waals surface area (Å²) in [5.74, 6) is 0.244. The highest BCUT2D eigenvalue weighted by molar-refractivity contribution is 5.97. The van der Waals surface area contributed by atoms with Crippen molar-refractivity contribution in [1.29, 1.82) is 0 Å². The van der Waals surface area contributed by atoms with Crippen molar-refractivity contribution < 1.29 is 9.53 Å². The zero-order chi connectivity index (χ0) is 15.2. The van der Waals surface area contributed by atoms with Gasteiger partial charge >= 0.3 is 0 Å². The van der Waals surface area contributed by atoms with E-state index in [1.807, 2.05) is 50.2 Å². The van der Waals surface area contributed by atoms with Crippen molar-refractivity contribution in [3.63, 3.8) is 0 Å². The summed E-state index contributed by atoms with van der Waals surface area (Å²) in [4.78, 5) is 12.1. The van der Waals surface area contributed by atoms with Crippen molar-refractivity contribution in [3.8, 4) is 5.75 Å². The van der Waals surface area contributed by atoms with E-state index in [2.05, 4.69) is 10.5 Å². The first-order valence-electron chi connectivity index (χ1n) is 6.65. The summed E-state index contributed by atoms with van der Waals surface area (Å²) in [5, 5.41) is 3.97. The smallest absolute Gasteiger partial charge is 0.275 e. The number of amides is 1. The molecule has 2 rings (SSSR count). The van der Waals surface area contributed by atoms with Gasteiger partial charge in [0.1, 0.15) is 5.75 Å². The van der Waals surface area contributed by atoms with Gasteiger partial charge in [0.2, 0.25) is 0 Å². The van der Waals surface area contributed by atoms with Gasteiger partial charge in [0.25, 0.3) is 5.91 Å². The van der Waals surface area contributed by atoms with E-state index in [1.165, 1.54) is 5.56 Å². The lowest BCUT2D eigenvalue weighted by atomic mass is 10.1. The average molecular weight is 282 g/mol. The molecule has 0 aliphatic rings. The topological polar surface area (TPSA) is 50.7 Å². The Balaban J connectivity index is 2.06. The monoisotopic (exact) mass is 282 g/mol. The van der Waals surface area contributed by atoms with Gasteiger partial charge in [0.15, 0.2) is 0 Å². The van der Waals surface area contributed by atoms with Crippen LogP contribution in [0.25, 0.3) is 0 Å². The Kier molecular flexibility index (Phi) is 4.72. The van der Waals surface area contributed by atoms with Gasteiger partial charge in [0.05, 0.1) is 18.9 Å². The first-order chi connectivity index (χ1) is 10.1. The number of carbonyl (C=O) groups excluding carboxylic acids is 1. The highest BCUT2D eigenvalue weighted by atomic mass is 16.5. The van der Waals surface area contributed by atoms with E-state index < -0.39 is 0 Å². The summed E-state index contributed by atoms with van der Waals surface area (Å²) in [6.45, 7) is 3.96. The van der Waals surface area contributed by atoms with Crippen LogP contribution in [0.1, 0.15) is 27.0 Å². The Hall–Kier alpha value is -2.62. The summed E-state index contributed by atoms with van der Waals surface area (Å²) in [5.41, 5.74) is 6.11. The molecule has 0 radical (unpaired) electrons. The van der Waals surface area contributed by atoms with E-state index in [0.29, 0.717) is 11.3 Å². The third kappa shape index (κ3) is 3.92. The van der Waals surface area contributed by atoms with Crippen LogP contribution in [0.2, 0.25) is 0 Å². The van der Waals surface area contributed by atoms with Crippen LogP contribution in [-0.4, -0.2) is 19.2 Å². The van der Waals surface area contributed by atoms with Gasteiger partial charge < -0.3 is 4.74 Å². The number of carbonyl (C=O) groups is 1. The minimum Gasteiger partial charge on any atom is -0.496 e. The van der Waals surface area contributed by atoms with Gasteiger partial charge in [-0.15, -0.1) is 0 Å². The molecule has 0 aliphatic heterocycles. The van der Waals surface area contributed by atoms with Gasteiger partial charge in [0, 0.05) is 0 Å². The largest absolute Gasteiger partial charge is 0.496 e. The Morgan fingerprint density at radius 3 is 2.43 bits per heavy atom. The Labute approximate surface area is 124 Å². The van der Waals surface area contributed by atoms with Crippen LogP contribution in [0.5, 0.6) is 5.75 Å². The SMILES string of the molecule is COc1cc(C)ccc1C(=O)NN=Cc1ccc(C)cc1. The first-order valence-corrected chi connectivity index (χ1v) is 6.65. The average Bonchev–Trinajstić information content (AvgIpc) is 2.49. The van der Waals surface area contributed by atoms with Gasteiger partial charge in [-0.25, -0.2) is 5.43 Å². The fourth-order valence-electron chi connectivity index (χ4n) is 1.86. The Morgan fingerprint density at radius 1 is 1.10 bits per heavy atom. The lowest BCUT2D eigenvalue weighted by Crippen LogP contribution is -2.18. The fraction of sp³-hybridized carbons (Fsp3) is 0.176. The van der Waals surface area contributed by atoms with Gasteiger partial charge in [-0.3, -0.25) is 4.79 Å². The number of ether oxygens (including phenoxy) is 1. The molecule has 2 aromatic carbocycles. The number of hydrogen-bond donors (Lipinski definition) is 1. The van der Waals surface area contributed by atoms with Gasteiger partial charge in [-0.1, -0.05) is 35.9 Å². The molecule has 0 aromatic heterocycles. The molecule has 0 aliphatic carbocycles. The maximum atomic E-state index is 12.1. The van der Waals surface area contributed by atoms with E-state index in [0.717, 1.165) is 11.1 Å². The normalized spacial score (nSPS) is 10.6. The number of aryl methyl sites for hydroxylation is 2. The lowest BCUT2D eigenvalue weighted by Gasteiger charge is -2.07. The lowest BCUT2D eigenvalue weighted by molar-refractivity contribution is 0.0952. The molecule has 1 N–H and O–H groups in total. The number of rotatable bonds is 4. The van der Waals surface area contributed by atoms with E-state index in [4.69, 9.17) is 4.74 Å². The van der Waals surface area contributed by atoms with Crippen molar-refractivity contribution in [1.82, 2.24) is 5.43 Å². The van der Waals surface area contributed by atoms with Crippen LogP contribution >= 0.6 is 0 Å². The minimum atomic E-state index is -0.296. The molecule has 0 saturated heterocycles. The maximum absolute atomic E-state index is 12.1. The molecule has 0 atom stereocenters. The second-order valence-electron chi connectivity index (χ2n) is 4.81. The van der Waals surface area contributed by atoms with E-state index >= 15 is 0 Å². The van der Waals surface area contributed by atoms with E-state index in [9.17, 15) is 4.79 Å². The summed E-state index contributed by atoms with van der Waals surface area (Å²) < 4.78 is 5.21. The molecule has 0 spiro atoms. The number of hydrogen-bond acceptors (Lipinski definition) is 3. The molecule has 108 valence electrons. The second kappa shape index (κ2) is 6.70. The van der Waals surface area contributed by atoms with Crippen LogP contribution in [-0.2, 0) is 0 Å². The predicted molar refractivity (Wildman–Crippen MR) is 84.0 cm³/mol. The molecule has 0 saturated carbocycles. The maximum Gasteiger partial charge on any atom is 0.275 e. The molecule has 0 heterocycles. The summed E-state index contributed by atoms with van der Waals surface area (Å²) in [6, 6.07) is 13.3. The predicted octanol–water partition coefficient (Wildman–Crippen LogP) is 3.08. The summed E-state index contributed by atoms with van der Waals surface area (Å²) in [7, 11) is 1.54. The molecule has 0 fully saturated rings.